The number of hydrogen-bond acceptors (Lipinski definition) is 3. The number of ether oxygens (including phenoxy) is 1. The van der Waals surface area contributed by atoms with Gasteiger partial charge in [0, 0.05) is 24.6 Å². The smallest absolute Gasteiger partial charge is 0.261 e. The summed E-state index contributed by atoms with van der Waals surface area (Å²) in [6.07, 6.45) is 0.246. The Bertz CT molecular complexity index is 1090. The molecular formula is C27H28F2N2O3. The van der Waals surface area contributed by atoms with E-state index in [4.69, 9.17) is 4.74 Å². The molecule has 0 aliphatic rings. The van der Waals surface area contributed by atoms with Crippen molar-refractivity contribution in [1.29, 1.82) is 0 Å². The van der Waals surface area contributed by atoms with Gasteiger partial charge >= 0.3 is 0 Å². The van der Waals surface area contributed by atoms with E-state index in [1.165, 1.54) is 35.2 Å². The lowest BCUT2D eigenvalue weighted by atomic mass is 10.0. The first-order valence-corrected chi connectivity index (χ1v) is 11.1. The van der Waals surface area contributed by atoms with E-state index in [1.54, 1.807) is 18.2 Å². The van der Waals surface area contributed by atoms with Crippen LogP contribution in [-0.2, 0) is 22.6 Å². The normalized spacial score (nSPS) is 11.7. The number of nitrogens with one attached hydrogen (secondary N) is 1. The number of amides is 2. The fraction of sp³-hybridized carbons (Fsp3) is 0.259. The van der Waals surface area contributed by atoms with Gasteiger partial charge in [-0.25, -0.2) is 8.78 Å². The van der Waals surface area contributed by atoms with Crippen molar-refractivity contribution in [3.05, 3.63) is 102 Å². The zero-order valence-corrected chi connectivity index (χ0v) is 19.2. The zero-order chi connectivity index (χ0) is 24.5. The number of rotatable bonds is 10. The Morgan fingerprint density at radius 2 is 1.56 bits per heavy atom. The maximum absolute atomic E-state index is 14.5. The Balaban J connectivity index is 1.91. The molecule has 0 unspecified atom stereocenters. The summed E-state index contributed by atoms with van der Waals surface area (Å²) in [6, 6.07) is 19.7. The molecular weight excluding hydrogens is 438 g/mol. The minimum atomic E-state index is -0.895. The van der Waals surface area contributed by atoms with Gasteiger partial charge in [-0.3, -0.25) is 9.59 Å². The van der Waals surface area contributed by atoms with Crippen molar-refractivity contribution in [1.82, 2.24) is 10.2 Å². The minimum absolute atomic E-state index is 0.110. The van der Waals surface area contributed by atoms with Crippen molar-refractivity contribution in [2.24, 2.45) is 0 Å². The molecule has 3 aromatic rings. The van der Waals surface area contributed by atoms with Gasteiger partial charge in [-0.05, 0) is 49.7 Å². The van der Waals surface area contributed by atoms with Crippen molar-refractivity contribution in [3.63, 3.8) is 0 Å². The van der Waals surface area contributed by atoms with Crippen LogP contribution in [0.1, 0.15) is 25.0 Å². The monoisotopic (exact) mass is 466 g/mol. The summed E-state index contributed by atoms with van der Waals surface area (Å²) in [4.78, 5) is 27.9. The van der Waals surface area contributed by atoms with Crippen LogP contribution in [0, 0.1) is 11.6 Å². The molecule has 7 heteroatoms. The maximum Gasteiger partial charge on any atom is 0.261 e. The molecule has 0 aliphatic carbocycles. The maximum atomic E-state index is 14.5. The number of halogens is 2. The molecule has 0 spiro atoms. The van der Waals surface area contributed by atoms with Crippen LogP contribution < -0.4 is 10.1 Å². The predicted octanol–water partition coefficient (Wildman–Crippen LogP) is 4.51. The van der Waals surface area contributed by atoms with Gasteiger partial charge in [-0.15, -0.1) is 0 Å². The van der Waals surface area contributed by atoms with Crippen molar-refractivity contribution in [3.8, 4) is 5.75 Å². The number of benzene rings is 3. The summed E-state index contributed by atoms with van der Waals surface area (Å²) >= 11 is 0. The second-order valence-electron chi connectivity index (χ2n) is 8.22. The molecule has 3 rings (SSSR count). The Morgan fingerprint density at radius 3 is 2.21 bits per heavy atom. The molecule has 0 aromatic heterocycles. The quantitative estimate of drug-likeness (QED) is 0.478. The third-order valence-corrected chi connectivity index (χ3v) is 5.18. The summed E-state index contributed by atoms with van der Waals surface area (Å²) in [6.45, 7) is 3.16. The Labute approximate surface area is 198 Å². The van der Waals surface area contributed by atoms with Gasteiger partial charge < -0.3 is 15.0 Å². The second-order valence-corrected chi connectivity index (χ2v) is 8.22. The van der Waals surface area contributed by atoms with Gasteiger partial charge in [0.2, 0.25) is 5.91 Å². The van der Waals surface area contributed by atoms with Crippen molar-refractivity contribution in [2.75, 3.05) is 6.61 Å². The van der Waals surface area contributed by atoms with Crippen molar-refractivity contribution < 1.29 is 23.1 Å². The standard InChI is InChI=1S/C27H28F2N2O3/c1-19(2)30-27(33)25(16-20-8-4-3-5-9-20)31(17-21-10-6-7-11-24(21)29)26(32)18-34-23-14-12-22(28)13-15-23/h3-15,19,25H,16-18H2,1-2H3,(H,30,33)/t25-/m1/s1. The number of nitrogens with zero attached hydrogens (tertiary/aromatic N) is 1. The highest BCUT2D eigenvalue weighted by atomic mass is 19.1. The molecule has 2 amide bonds. The lowest BCUT2D eigenvalue weighted by Gasteiger charge is -2.32. The van der Waals surface area contributed by atoms with E-state index < -0.39 is 23.6 Å². The van der Waals surface area contributed by atoms with Crippen molar-refractivity contribution >= 4 is 11.8 Å². The molecule has 5 nitrogen and oxygen atoms in total. The highest BCUT2D eigenvalue weighted by Gasteiger charge is 2.31. The summed E-state index contributed by atoms with van der Waals surface area (Å²) in [7, 11) is 0. The molecule has 0 aliphatic heterocycles. The van der Waals surface area contributed by atoms with Crippen LogP contribution in [0.4, 0.5) is 8.78 Å². The zero-order valence-electron chi connectivity index (χ0n) is 19.2. The summed E-state index contributed by atoms with van der Waals surface area (Å²) in [5.74, 6) is -1.42. The van der Waals surface area contributed by atoms with Crippen LogP contribution in [-0.4, -0.2) is 35.4 Å². The highest BCUT2D eigenvalue weighted by molar-refractivity contribution is 5.88. The lowest BCUT2D eigenvalue weighted by molar-refractivity contribution is -0.143. The minimum Gasteiger partial charge on any atom is -0.484 e. The third kappa shape index (κ3) is 7.13. The molecule has 34 heavy (non-hydrogen) atoms. The summed E-state index contributed by atoms with van der Waals surface area (Å²) in [5, 5.41) is 2.87. The van der Waals surface area contributed by atoms with E-state index >= 15 is 0 Å². The molecule has 0 heterocycles. The highest BCUT2D eigenvalue weighted by Crippen LogP contribution is 2.18. The van der Waals surface area contributed by atoms with Crippen molar-refractivity contribution in [2.45, 2.75) is 38.9 Å². The molecule has 0 bridgehead atoms. The summed E-state index contributed by atoms with van der Waals surface area (Å²) in [5.41, 5.74) is 1.14. The molecule has 1 atom stereocenters. The Morgan fingerprint density at radius 1 is 0.912 bits per heavy atom. The van der Waals surface area contributed by atoms with Gasteiger partial charge in [-0.2, -0.15) is 0 Å². The number of carbonyl (C=O) groups is 2. The first-order chi connectivity index (χ1) is 16.3. The number of carbonyl (C=O) groups excluding carboxylic acids is 2. The van der Waals surface area contributed by atoms with E-state index in [1.807, 2.05) is 44.2 Å². The van der Waals surface area contributed by atoms with E-state index in [9.17, 15) is 18.4 Å². The van der Waals surface area contributed by atoms with Gasteiger partial charge in [0.25, 0.3) is 5.91 Å². The third-order valence-electron chi connectivity index (χ3n) is 5.18. The van der Waals surface area contributed by atoms with Gasteiger partial charge in [0.05, 0.1) is 0 Å². The first-order valence-electron chi connectivity index (χ1n) is 11.1. The van der Waals surface area contributed by atoms with Crippen LogP contribution in [0.25, 0.3) is 0 Å². The van der Waals surface area contributed by atoms with Gasteiger partial charge in [0.1, 0.15) is 23.4 Å². The molecule has 0 fully saturated rings. The topological polar surface area (TPSA) is 58.6 Å². The van der Waals surface area contributed by atoms with E-state index in [2.05, 4.69) is 5.32 Å². The Hall–Kier alpha value is -3.74. The average Bonchev–Trinajstić information content (AvgIpc) is 2.82. The van der Waals surface area contributed by atoms with Gasteiger partial charge in [-0.1, -0.05) is 48.5 Å². The van der Waals surface area contributed by atoms with Crippen LogP contribution in [0.2, 0.25) is 0 Å². The number of hydrogen-bond donors (Lipinski definition) is 1. The van der Waals surface area contributed by atoms with E-state index in [0.717, 1.165) is 5.56 Å². The fourth-order valence-corrected chi connectivity index (χ4v) is 3.50. The van der Waals surface area contributed by atoms with E-state index in [-0.39, 0.29) is 37.1 Å². The summed E-state index contributed by atoms with van der Waals surface area (Å²) < 4.78 is 33.2. The molecule has 3 aromatic carbocycles. The Kier molecular flexibility index (Phi) is 8.73. The van der Waals surface area contributed by atoms with Crippen LogP contribution >= 0.6 is 0 Å². The molecule has 0 saturated carbocycles. The fourth-order valence-electron chi connectivity index (χ4n) is 3.50. The molecule has 0 saturated heterocycles. The van der Waals surface area contributed by atoms with Crippen LogP contribution in [0.5, 0.6) is 5.75 Å². The average molecular weight is 467 g/mol. The van der Waals surface area contributed by atoms with E-state index in [0.29, 0.717) is 5.75 Å². The predicted molar refractivity (Wildman–Crippen MR) is 126 cm³/mol. The first kappa shape index (κ1) is 24.9. The molecule has 178 valence electrons. The molecule has 0 radical (unpaired) electrons. The van der Waals surface area contributed by atoms with Crippen LogP contribution in [0.3, 0.4) is 0 Å². The van der Waals surface area contributed by atoms with Crippen LogP contribution in [0.15, 0.2) is 78.9 Å². The molecule has 1 N–H and O–H groups in total. The van der Waals surface area contributed by atoms with Gasteiger partial charge in [0.15, 0.2) is 6.61 Å². The lowest BCUT2D eigenvalue weighted by Crippen LogP contribution is -2.53. The largest absolute Gasteiger partial charge is 0.484 e. The SMILES string of the molecule is CC(C)NC(=O)[C@@H](Cc1ccccc1)N(Cc1ccccc1F)C(=O)COc1ccc(F)cc1. The second kappa shape index (κ2) is 11.9.